The van der Waals surface area contributed by atoms with Gasteiger partial charge in [0.05, 0.1) is 9.68 Å². The molecule has 4 aromatic rings. The van der Waals surface area contributed by atoms with E-state index in [0.717, 1.165) is 51.4 Å². The third kappa shape index (κ3) is 8.54. The molecule has 0 unspecified atom stereocenters. The van der Waals surface area contributed by atoms with E-state index in [0.29, 0.717) is 30.5 Å². The first-order valence-electron chi connectivity index (χ1n) is 19.0. The summed E-state index contributed by atoms with van der Waals surface area (Å²) in [5, 5.41) is 0.207. The fourth-order valence-electron chi connectivity index (χ4n) is 5.51. The van der Waals surface area contributed by atoms with Crippen molar-refractivity contribution < 1.29 is 32.0 Å². The van der Waals surface area contributed by atoms with Gasteiger partial charge in [0, 0.05) is 42.1 Å². The van der Waals surface area contributed by atoms with E-state index in [1.54, 1.807) is 23.6 Å². The van der Waals surface area contributed by atoms with Crippen LogP contribution >= 0.6 is 11.8 Å². The Morgan fingerprint density at radius 1 is 1.06 bits per heavy atom. The number of likely N-dealkylation sites (N-methyl/N-ethyl adjacent to an activating group) is 1. The van der Waals surface area contributed by atoms with Gasteiger partial charge in [0.25, 0.3) is 5.56 Å². The van der Waals surface area contributed by atoms with E-state index in [2.05, 4.69) is 4.98 Å². The molecule has 1 aliphatic rings. The van der Waals surface area contributed by atoms with Crippen molar-refractivity contribution in [1.29, 1.82) is 0 Å². The minimum Gasteiger partial charge on any atom is -0.336 e. The second kappa shape index (κ2) is 15.5. The summed E-state index contributed by atoms with van der Waals surface area (Å²) in [4.78, 5) is 33.8. The molecule has 6 nitrogen and oxygen atoms in total. The molecule has 0 radical (unpaired) electrons. The molecule has 5 rings (SSSR count). The van der Waals surface area contributed by atoms with Crippen LogP contribution in [0.15, 0.2) is 76.6 Å². The number of alkyl halides is 3. The third-order valence-corrected chi connectivity index (χ3v) is 9.12. The Balaban J connectivity index is 1.57. The number of hydrogen-bond donors (Lipinski definition) is 0. The van der Waals surface area contributed by atoms with Crippen molar-refractivity contribution in [2.24, 2.45) is 0 Å². The van der Waals surface area contributed by atoms with Gasteiger partial charge >= 0.3 is 6.18 Å². The van der Waals surface area contributed by atoms with Gasteiger partial charge in [0.1, 0.15) is 12.4 Å². The van der Waals surface area contributed by atoms with Crippen LogP contribution in [0.1, 0.15) is 63.4 Å². The second-order valence-corrected chi connectivity index (χ2v) is 12.2. The van der Waals surface area contributed by atoms with Gasteiger partial charge < -0.3 is 14.4 Å². The Labute approximate surface area is 292 Å². The van der Waals surface area contributed by atoms with Crippen molar-refractivity contribution in [3.63, 3.8) is 0 Å². The summed E-state index contributed by atoms with van der Waals surface area (Å²) in [5.41, 5.74) is 0.728. The molecule has 1 aliphatic carbocycles. The maximum absolute atomic E-state index is 14.5. The molecule has 0 N–H and O–H groups in total. The van der Waals surface area contributed by atoms with Gasteiger partial charge in [-0.25, -0.2) is 4.39 Å². The minimum absolute atomic E-state index is 0.0646. The van der Waals surface area contributed by atoms with Crippen LogP contribution in [0, 0.1) is 12.7 Å². The SMILES string of the molecule is [2H]c1c([2H])c(-c2ccc(C(F)(F)F)cc2)c(C)c([2H])c1CN(CC([2H])([2H])N(CC)C([2H])([2H])C)C(=O)Cn1c(SCc2ccc(F)cc2)nc(=O)c2c1CCC2. The summed E-state index contributed by atoms with van der Waals surface area (Å²) < 4.78 is 116. The van der Waals surface area contributed by atoms with Crippen LogP contribution in [0.4, 0.5) is 17.6 Å². The Morgan fingerprint density at radius 2 is 1.79 bits per heavy atom. The maximum Gasteiger partial charge on any atom is 0.416 e. The molecule has 0 spiro atoms. The highest BCUT2D eigenvalue weighted by Gasteiger charge is 2.30. The average molecular weight is 688 g/mol. The largest absolute Gasteiger partial charge is 0.416 e. The van der Waals surface area contributed by atoms with Crippen LogP contribution in [0.2, 0.25) is 0 Å². The highest BCUT2D eigenvalue weighted by Crippen LogP contribution is 2.32. The smallest absolute Gasteiger partial charge is 0.336 e. The molecule has 0 bridgehead atoms. The summed E-state index contributed by atoms with van der Waals surface area (Å²) >= 11 is 1.16. The lowest BCUT2D eigenvalue weighted by Gasteiger charge is -2.28. The Morgan fingerprint density at radius 3 is 2.46 bits per heavy atom. The highest BCUT2D eigenvalue weighted by molar-refractivity contribution is 7.98. The monoisotopic (exact) mass is 687 g/mol. The van der Waals surface area contributed by atoms with E-state index < -0.39 is 73.7 Å². The maximum atomic E-state index is 14.5. The number of thioether (sulfide) groups is 1. The van der Waals surface area contributed by atoms with Crippen molar-refractivity contribution in [3.8, 4) is 11.1 Å². The Kier molecular flexibility index (Phi) is 8.70. The number of benzene rings is 3. The lowest BCUT2D eigenvalue weighted by Crippen LogP contribution is -2.40. The minimum atomic E-state index is -4.60. The number of carbonyl (C=O) groups excluding carboxylic acids is 1. The first kappa shape index (κ1) is 26.9. The fourth-order valence-corrected chi connectivity index (χ4v) is 6.48. The third-order valence-electron chi connectivity index (χ3n) is 8.07. The molecule has 1 amide bonds. The Bertz CT molecular complexity index is 2100. The number of rotatable bonds is 13. The number of aromatic nitrogens is 2. The standard InChI is InChI=1S/C37H40F4N4O2S/c1-4-43(5-2)19-20-44(22-27-11-18-31(25(3)21-27)28-12-14-29(15-13-28)37(39,40)41)34(46)23-45-33-8-6-7-32(33)35(47)42-36(45)48-24-26-9-16-30(38)17-10-26/h9-18,21H,4-8,19-20,22-24H2,1-3H3/i4D2,11D,18D,19D2,21D. The topological polar surface area (TPSA) is 58.4 Å². The average Bonchev–Trinajstić information content (AvgIpc) is 3.60. The molecule has 11 heteroatoms. The van der Waals surface area contributed by atoms with Gasteiger partial charge in [0.2, 0.25) is 5.91 Å². The van der Waals surface area contributed by atoms with E-state index in [1.165, 1.54) is 26.0 Å². The summed E-state index contributed by atoms with van der Waals surface area (Å²) in [6, 6.07) is 8.62. The van der Waals surface area contributed by atoms with Crippen molar-refractivity contribution in [3.05, 3.63) is 116 Å². The van der Waals surface area contributed by atoms with Crippen LogP contribution in [-0.2, 0) is 42.7 Å². The number of hydrogen-bond acceptors (Lipinski definition) is 5. The molecule has 0 fully saturated rings. The van der Waals surface area contributed by atoms with E-state index in [4.69, 9.17) is 9.60 Å². The van der Waals surface area contributed by atoms with Crippen LogP contribution in [-0.4, -0.2) is 51.3 Å². The molecule has 0 saturated carbocycles. The Hall–Kier alpha value is -3.96. The molecule has 3 aromatic carbocycles. The van der Waals surface area contributed by atoms with Gasteiger partial charge in [-0.15, -0.1) is 0 Å². The molecular weight excluding hydrogens is 640 g/mol. The lowest BCUT2D eigenvalue weighted by molar-refractivity contribution is -0.137. The van der Waals surface area contributed by atoms with E-state index in [9.17, 15) is 27.2 Å². The van der Waals surface area contributed by atoms with Crippen LogP contribution in [0.3, 0.4) is 0 Å². The molecule has 1 aromatic heterocycles. The number of halogens is 4. The zero-order valence-electron chi connectivity index (χ0n) is 33.8. The van der Waals surface area contributed by atoms with Gasteiger partial charge in [-0.05, 0) is 91.3 Å². The van der Waals surface area contributed by atoms with Crippen molar-refractivity contribution in [2.45, 2.75) is 70.2 Å². The molecule has 0 saturated heterocycles. The van der Waals surface area contributed by atoms with Crippen LogP contribution in [0.25, 0.3) is 11.1 Å². The first-order valence-corrected chi connectivity index (χ1v) is 16.4. The van der Waals surface area contributed by atoms with Crippen molar-refractivity contribution in [2.75, 3.05) is 26.1 Å². The zero-order valence-corrected chi connectivity index (χ0v) is 27.6. The first-order chi connectivity index (χ1) is 25.6. The summed E-state index contributed by atoms with van der Waals surface area (Å²) in [5.74, 6) is -0.836. The van der Waals surface area contributed by atoms with Gasteiger partial charge in [-0.1, -0.05) is 68.0 Å². The zero-order chi connectivity index (χ0) is 40.6. The number of nitrogens with zero attached hydrogens (tertiary/aromatic N) is 4. The molecular formula is C37H40F4N4O2S. The van der Waals surface area contributed by atoms with Gasteiger partial charge in [-0.3, -0.25) is 9.59 Å². The van der Waals surface area contributed by atoms with E-state index in [1.807, 2.05) is 0 Å². The van der Waals surface area contributed by atoms with Gasteiger partial charge in [-0.2, -0.15) is 18.2 Å². The molecule has 1 heterocycles. The molecule has 0 atom stereocenters. The van der Waals surface area contributed by atoms with Crippen molar-refractivity contribution >= 4 is 17.7 Å². The summed E-state index contributed by atoms with van der Waals surface area (Å²) in [6.07, 6.45) is -3.05. The summed E-state index contributed by atoms with van der Waals surface area (Å²) in [7, 11) is 0. The van der Waals surface area contributed by atoms with Crippen molar-refractivity contribution in [1.82, 2.24) is 19.4 Å². The number of carbonyl (C=O) groups is 1. The predicted molar refractivity (Wildman–Crippen MR) is 181 cm³/mol. The van der Waals surface area contributed by atoms with Gasteiger partial charge in [0.15, 0.2) is 5.16 Å². The molecule has 254 valence electrons. The summed E-state index contributed by atoms with van der Waals surface area (Å²) in [6.45, 7) is -2.17. The fraction of sp³-hybridized carbons (Fsp3) is 0.378. The quantitative estimate of drug-likeness (QED) is 0.0827. The lowest BCUT2D eigenvalue weighted by atomic mass is 9.97. The number of fused-ring (bicyclic) bond motifs is 1. The normalized spacial score (nSPS) is 15.5. The van der Waals surface area contributed by atoms with Crippen LogP contribution in [0.5, 0.6) is 0 Å². The predicted octanol–water partition coefficient (Wildman–Crippen LogP) is 7.53. The molecule has 0 aliphatic heterocycles. The number of amides is 1. The van der Waals surface area contributed by atoms with E-state index >= 15 is 0 Å². The van der Waals surface area contributed by atoms with Crippen LogP contribution < -0.4 is 5.56 Å². The molecule has 48 heavy (non-hydrogen) atoms. The van der Waals surface area contributed by atoms with E-state index in [-0.39, 0.29) is 45.8 Å². The highest BCUT2D eigenvalue weighted by atomic mass is 32.2. The second-order valence-electron chi connectivity index (χ2n) is 11.3.